The molecule has 1 aliphatic heterocycles. The Labute approximate surface area is 185 Å². The smallest absolute Gasteiger partial charge is 0.308 e. The number of carbonyl (C=O) groups is 1. The van der Waals surface area contributed by atoms with Gasteiger partial charge in [-0.1, -0.05) is 29.3 Å². The lowest BCUT2D eigenvalue weighted by molar-refractivity contribution is -0.147. The van der Waals surface area contributed by atoms with E-state index in [0.717, 1.165) is 49.9 Å². The van der Waals surface area contributed by atoms with Crippen molar-refractivity contribution in [3.63, 3.8) is 0 Å². The first kappa shape index (κ1) is 21.4. The van der Waals surface area contributed by atoms with Gasteiger partial charge in [-0.15, -0.1) is 0 Å². The molecule has 4 rings (SSSR count). The Morgan fingerprint density at radius 3 is 2.53 bits per heavy atom. The molecule has 7 heteroatoms. The molecule has 1 atom stereocenters. The van der Waals surface area contributed by atoms with Gasteiger partial charge in [0.1, 0.15) is 18.2 Å². The third-order valence-electron chi connectivity index (χ3n) is 6.16. The van der Waals surface area contributed by atoms with Crippen LogP contribution in [0.4, 0.5) is 4.39 Å². The van der Waals surface area contributed by atoms with Gasteiger partial charge in [0.05, 0.1) is 13.0 Å². The van der Waals surface area contributed by atoms with Crippen molar-refractivity contribution in [2.45, 2.75) is 38.3 Å². The quantitative estimate of drug-likeness (QED) is 0.555. The Hall–Kier alpha value is -1.82. The Morgan fingerprint density at radius 2 is 1.87 bits per heavy atom. The van der Waals surface area contributed by atoms with E-state index < -0.39 is 0 Å². The Balaban J connectivity index is 1.45. The summed E-state index contributed by atoms with van der Waals surface area (Å²) in [6.07, 6.45) is 3.17. The predicted molar refractivity (Wildman–Crippen MR) is 115 cm³/mol. The van der Waals surface area contributed by atoms with Gasteiger partial charge in [-0.3, -0.25) is 9.69 Å². The molecule has 4 nitrogen and oxygen atoms in total. The molecule has 2 aromatic carbocycles. The first-order valence-corrected chi connectivity index (χ1v) is 10.9. The normalized spacial score (nSPS) is 19.5. The van der Waals surface area contributed by atoms with Gasteiger partial charge >= 0.3 is 5.97 Å². The van der Waals surface area contributed by atoms with Gasteiger partial charge in [-0.2, -0.15) is 0 Å². The van der Waals surface area contributed by atoms with Gasteiger partial charge in [-0.25, -0.2) is 4.39 Å². The third kappa shape index (κ3) is 4.29. The van der Waals surface area contributed by atoms with Gasteiger partial charge < -0.3 is 9.47 Å². The molecule has 0 radical (unpaired) electrons. The molecule has 0 bridgehead atoms. The molecule has 0 spiro atoms. The minimum Gasteiger partial charge on any atom is -0.489 e. The van der Waals surface area contributed by atoms with Crippen molar-refractivity contribution in [3.8, 4) is 5.75 Å². The Morgan fingerprint density at radius 1 is 1.17 bits per heavy atom. The van der Waals surface area contributed by atoms with Crippen molar-refractivity contribution in [2.24, 2.45) is 5.92 Å². The molecule has 2 aliphatic rings. The van der Waals surface area contributed by atoms with Crippen molar-refractivity contribution >= 4 is 29.2 Å². The predicted octanol–water partition coefficient (Wildman–Crippen LogP) is 5.58. The number of fused-ring (bicyclic) bond motifs is 1. The van der Waals surface area contributed by atoms with Crippen LogP contribution in [-0.2, 0) is 22.6 Å². The minimum atomic E-state index is -0.245. The number of esters is 1. The van der Waals surface area contributed by atoms with Gasteiger partial charge in [0.15, 0.2) is 0 Å². The first-order chi connectivity index (χ1) is 14.5. The van der Waals surface area contributed by atoms with Crippen molar-refractivity contribution < 1.29 is 18.7 Å². The first-order valence-electron chi connectivity index (χ1n) is 10.2. The van der Waals surface area contributed by atoms with Gasteiger partial charge in [0.25, 0.3) is 0 Å². The minimum absolute atomic E-state index is 0.0469. The molecule has 1 heterocycles. The summed E-state index contributed by atoms with van der Waals surface area (Å²) in [5, 5.41) is 1.05. The number of benzene rings is 2. The number of piperidine rings is 1. The fourth-order valence-corrected chi connectivity index (χ4v) is 5.06. The average molecular weight is 452 g/mol. The van der Waals surface area contributed by atoms with Crippen molar-refractivity contribution in [3.05, 3.63) is 62.9 Å². The number of hydrogen-bond acceptors (Lipinski definition) is 4. The average Bonchev–Trinajstić information content (AvgIpc) is 3.17. The monoisotopic (exact) mass is 451 g/mol. The van der Waals surface area contributed by atoms with Crippen LogP contribution < -0.4 is 4.74 Å². The molecular weight excluding hydrogens is 428 g/mol. The topological polar surface area (TPSA) is 38.8 Å². The number of hydrogen-bond donors (Lipinski definition) is 0. The van der Waals surface area contributed by atoms with Crippen molar-refractivity contribution in [1.29, 1.82) is 0 Å². The fraction of sp³-hybridized carbons (Fsp3) is 0.435. The summed E-state index contributed by atoms with van der Waals surface area (Å²) >= 11 is 12.4. The molecule has 2 aromatic rings. The van der Waals surface area contributed by atoms with Crippen LogP contribution >= 0.6 is 23.2 Å². The fourth-order valence-electron chi connectivity index (χ4n) is 4.55. The molecule has 1 aliphatic carbocycles. The standard InChI is InChI=1S/C23H24Cl2FNO3/c1-29-23(28)14-7-9-27(10-8-14)21-6-5-15-11-16(12-20(26)22(15)21)30-13-17-18(24)3-2-4-19(17)25/h2-4,11-12,14,21H,5-10,13H2,1H3. The van der Waals surface area contributed by atoms with E-state index >= 15 is 4.39 Å². The lowest BCUT2D eigenvalue weighted by atomic mass is 9.94. The second-order valence-corrected chi connectivity index (χ2v) is 8.67. The highest BCUT2D eigenvalue weighted by Gasteiger charge is 2.35. The number of carbonyl (C=O) groups excluding carboxylic acids is 1. The molecule has 30 heavy (non-hydrogen) atoms. The van der Waals surface area contributed by atoms with E-state index in [2.05, 4.69) is 4.90 Å². The zero-order valence-corrected chi connectivity index (χ0v) is 18.3. The van der Waals surface area contributed by atoms with E-state index in [4.69, 9.17) is 32.7 Å². The molecule has 0 N–H and O–H groups in total. The van der Waals surface area contributed by atoms with Crippen LogP contribution in [-0.4, -0.2) is 31.1 Å². The summed E-state index contributed by atoms with van der Waals surface area (Å²) in [7, 11) is 1.43. The van der Waals surface area contributed by atoms with E-state index in [0.29, 0.717) is 21.4 Å². The van der Waals surface area contributed by atoms with E-state index in [1.807, 2.05) is 6.07 Å². The van der Waals surface area contributed by atoms with E-state index in [1.54, 1.807) is 18.2 Å². The second-order valence-electron chi connectivity index (χ2n) is 7.85. The molecule has 1 unspecified atom stereocenters. The lowest BCUT2D eigenvalue weighted by Crippen LogP contribution is -2.38. The number of aryl methyl sites for hydroxylation is 1. The summed E-state index contributed by atoms with van der Waals surface area (Å²) in [6, 6.07) is 8.70. The highest BCUT2D eigenvalue weighted by Crippen LogP contribution is 2.41. The highest BCUT2D eigenvalue weighted by molar-refractivity contribution is 6.35. The Bertz CT molecular complexity index is 924. The summed E-state index contributed by atoms with van der Waals surface area (Å²) in [6.45, 7) is 1.72. The Kier molecular flexibility index (Phi) is 6.51. The van der Waals surface area contributed by atoms with Gasteiger partial charge in [-0.05, 0) is 62.5 Å². The van der Waals surface area contributed by atoms with Gasteiger partial charge in [0.2, 0.25) is 0 Å². The molecule has 0 aromatic heterocycles. The molecule has 160 valence electrons. The van der Waals surface area contributed by atoms with Crippen LogP contribution in [0.5, 0.6) is 5.75 Å². The van der Waals surface area contributed by atoms with E-state index in [-0.39, 0.29) is 30.4 Å². The second kappa shape index (κ2) is 9.13. The van der Waals surface area contributed by atoms with E-state index in [1.165, 1.54) is 13.2 Å². The zero-order valence-electron chi connectivity index (χ0n) is 16.8. The molecule has 0 saturated carbocycles. The lowest BCUT2D eigenvalue weighted by Gasteiger charge is -2.35. The van der Waals surface area contributed by atoms with E-state index in [9.17, 15) is 4.79 Å². The maximum atomic E-state index is 15.1. The van der Waals surface area contributed by atoms with Gasteiger partial charge in [0, 0.05) is 33.3 Å². The van der Waals surface area contributed by atoms with Crippen LogP contribution in [0.2, 0.25) is 10.0 Å². The van der Waals surface area contributed by atoms with Crippen LogP contribution in [0, 0.1) is 11.7 Å². The summed E-state index contributed by atoms with van der Waals surface area (Å²) in [5.74, 6) is 0.0371. The van der Waals surface area contributed by atoms with Crippen molar-refractivity contribution in [1.82, 2.24) is 4.90 Å². The van der Waals surface area contributed by atoms with Crippen molar-refractivity contribution in [2.75, 3.05) is 20.2 Å². The number of likely N-dealkylation sites (tertiary alicyclic amines) is 1. The molecule has 0 amide bonds. The zero-order chi connectivity index (χ0) is 21.3. The molecular formula is C23H24Cl2FNO3. The van der Waals surface area contributed by atoms with Crippen LogP contribution in [0.25, 0.3) is 0 Å². The SMILES string of the molecule is COC(=O)C1CCN(C2CCc3cc(OCc4c(Cl)cccc4Cl)cc(F)c32)CC1. The summed E-state index contributed by atoms with van der Waals surface area (Å²) < 4.78 is 25.7. The van der Waals surface area contributed by atoms with Crippen LogP contribution in [0.1, 0.15) is 42.0 Å². The molecule has 1 fully saturated rings. The highest BCUT2D eigenvalue weighted by atomic mass is 35.5. The number of halogens is 3. The van der Waals surface area contributed by atoms with Crippen LogP contribution in [0.15, 0.2) is 30.3 Å². The maximum absolute atomic E-state index is 15.1. The third-order valence-corrected chi connectivity index (χ3v) is 6.87. The maximum Gasteiger partial charge on any atom is 0.308 e. The molecule has 1 saturated heterocycles. The largest absolute Gasteiger partial charge is 0.489 e. The van der Waals surface area contributed by atoms with Crippen LogP contribution in [0.3, 0.4) is 0 Å². The number of methoxy groups -OCH3 is 1. The number of ether oxygens (including phenoxy) is 2. The number of rotatable bonds is 5. The number of nitrogens with zero attached hydrogens (tertiary/aromatic N) is 1. The summed E-state index contributed by atoms with van der Waals surface area (Å²) in [4.78, 5) is 14.0. The summed E-state index contributed by atoms with van der Waals surface area (Å²) in [5.41, 5.74) is 2.43.